The number of hydrogen-bond donors (Lipinski definition) is 0. The fraction of sp³-hybridized carbons (Fsp3) is 0. The predicted molar refractivity (Wildman–Crippen MR) is 66.1 cm³/mol. The minimum Gasteiger partial charge on any atom is -0.315 e. The van der Waals surface area contributed by atoms with E-state index in [1.54, 1.807) is 6.20 Å². The predicted octanol–water partition coefficient (Wildman–Crippen LogP) is 3.68. The third kappa shape index (κ3) is 1.48. The van der Waals surface area contributed by atoms with Gasteiger partial charge in [0.15, 0.2) is 0 Å². The van der Waals surface area contributed by atoms with Crippen LogP contribution in [0, 0.1) is 0 Å². The Labute approximate surface area is 98.1 Å². The summed E-state index contributed by atoms with van der Waals surface area (Å²) in [5.41, 5.74) is 2.19. The summed E-state index contributed by atoms with van der Waals surface area (Å²) in [4.78, 5) is 4.11. The Bertz CT molecular complexity index is 629. The minimum absolute atomic E-state index is 0.526. The molecule has 0 spiro atoms. The van der Waals surface area contributed by atoms with Crippen LogP contribution in [0.25, 0.3) is 16.6 Å². The molecule has 78 valence electrons. The van der Waals surface area contributed by atoms with E-state index in [2.05, 4.69) is 21.7 Å². The van der Waals surface area contributed by atoms with E-state index in [0.29, 0.717) is 5.15 Å². The van der Waals surface area contributed by atoms with Gasteiger partial charge in [-0.15, -0.1) is 0 Å². The molecule has 0 atom stereocenters. The summed E-state index contributed by atoms with van der Waals surface area (Å²) in [7, 11) is 0. The third-order valence-corrected chi connectivity index (χ3v) is 2.78. The summed E-state index contributed by atoms with van der Waals surface area (Å²) in [6, 6.07) is 14.1. The number of nitrogens with zero attached hydrogens (tertiary/aromatic N) is 2. The number of halogens is 1. The average Bonchev–Trinajstić information content (AvgIpc) is 2.73. The molecule has 0 unspecified atom stereocenters. The quantitative estimate of drug-likeness (QED) is 0.581. The molecule has 0 N–H and O–H groups in total. The molecule has 0 radical (unpaired) electrons. The van der Waals surface area contributed by atoms with Crippen LogP contribution in [0.3, 0.4) is 0 Å². The van der Waals surface area contributed by atoms with E-state index in [9.17, 15) is 0 Å². The number of para-hydroxylation sites is 1. The maximum absolute atomic E-state index is 5.85. The van der Waals surface area contributed by atoms with Crippen LogP contribution in [0.15, 0.2) is 54.9 Å². The largest absolute Gasteiger partial charge is 0.315 e. The normalized spacial score (nSPS) is 10.8. The Morgan fingerprint density at radius 1 is 1.06 bits per heavy atom. The van der Waals surface area contributed by atoms with Gasteiger partial charge in [0.25, 0.3) is 0 Å². The highest BCUT2D eigenvalue weighted by atomic mass is 35.5. The first-order valence-electron chi connectivity index (χ1n) is 5.02. The molecular formula is C13H9ClN2. The Kier molecular flexibility index (Phi) is 2.15. The molecule has 16 heavy (non-hydrogen) atoms. The van der Waals surface area contributed by atoms with Crippen molar-refractivity contribution in [2.75, 3.05) is 0 Å². The van der Waals surface area contributed by atoms with Gasteiger partial charge in [-0.1, -0.05) is 29.8 Å². The number of hydrogen-bond acceptors (Lipinski definition) is 1. The van der Waals surface area contributed by atoms with Crippen molar-refractivity contribution in [2.24, 2.45) is 0 Å². The van der Waals surface area contributed by atoms with Crippen LogP contribution in [-0.4, -0.2) is 9.55 Å². The molecule has 3 aromatic rings. The van der Waals surface area contributed by atoms with E-state index in [-0.39, 0.29) is 0 Å². The molecule has 0 aliphatic heterocycles. The van der Waals surface area contributed by atoms with Gasteiger partial charge >= 0.3 is 0 Å². The highest BCUT2D eigenvalue weighted by Gasteiger charge is 2.03. The average molecular weight is 229 g/mol. The fourth-order valence-corrected chi connectivity index (χ4v) is 1.99. The van der Waals surface area contributed by atoms with Crippen molar-refractivity contribution in [1.29, 1.82) is 0 Å². The van der Waals surface area contributed by atoms with Crippen molar-refractivity contribution in [3.05, 3.63) is 60.0 Å². The van der Waals surface area contributed by atoms with Gasteiger partial charge in [0.05, 0.1) is 11.7 Å². The molecule has 0 aliphatic rings. The number of pyridine rings is 1. The Morgan fingerprint density at radius 3 is 2.69 bits per heavy atom. The molecular weight excluding hydrogens is 220 g/mol. The van der Waals surface area contributed by atoms with Crippen molar-refractivity contribution >= 4 is 22.5 Å². The summed E-state index contributed by atoms with van der Waals surface area (Å²) >= 11 is 5.85. The monoisotopic (exact) mass is 228 g/mol. The van der Waals surface area contributed by atoms with Gasteiger partial charge in [-0.3, -0.25) is 0 Å². The number of fused-ring (bicyclic) bond motifs is 1. The Hall–Kier alpha value is -1.80. The number of aromatic nitrogens is 2. The van der Waals surface area contributed by atoms with Gasteiger partial charge < -0.3 is 4.57 Å². The molecule has 0 saturated heterocycles. The molecule has 2 nitrogen and oxygen atoms in total. The SMILES string of the molecule is Clc1cc2ccn(-c3ccccc3)c2cn1. The Morgan fingerprint density at radius 2 is 1.88 bits per heavy atom. The third-order valence-electron chi connectivity index (χ3n) is 2.58. The summed E-state index contributed by atoms with van der Waals surface area (Å²) in [6.07, 6.45) is 3.82. The second-order valence-corrected chi connectivity index (χ2v) is 3.97. The topological polar surface area (TPSA) is 17.8 Å². The van der Waals surface area contributed by atoms with Gasteiger partial charge in [0.1, 0.15) is 5.15 Å². The van der Waals surface area contributed by atoms with Crippen LogP contribution in [0.5, 0.6) is 0 Å². The Balaban J connectivity index is 2.26. The second kappa shape index (κ2) is 3.65. The minimum atomic E-state index is 0.526. The van der Waals surface area contributed by atoms with Crippen LogP contribution < -0.4 is 0 Å². The highest BCUT2D eigenvalue weighted by Crippen LogP contribution is 2.21. The van der Waals surface area contributed by atoms with Gasteiger partial charge in [-0.05, 0) is 24.3 Å². The van der Waals surface area contributed by atoms with Crippen molar-refractivity contribution < 1.29 is 0 Å². The van der Waals surface area contributed by atoms with E-state index < -0.39 is 0 Å². The lowest BCUT2D eigenvalue weighted by molar-refractivity contribution is 1.12. The molecule has 2 heterocycles. The van der Waals surface area contributed by atoms with Crippen LogP contribution in [0.1, 0.15) is 0 Å². The lowest BCUT2D eigenvalue weighted by Crippen LogP contribution is -1.91. The van der Waals surface area contributed by atoms with E-state index in [0.717, 1.165) is 16.6 Å². The fourth-order valence-electron chi connectivity index (χ4n) is 1.82. The van der Waals surface area contributed by atoms with Crippen molar-refractivity contribution in [1.82, 2.24) is 9.55 Å². The lowest BCUT2D eigenvalue weighted by atomic mass is 10.3. The smallest absolute Gasteiger partial charge is 0.129 e. The summed E-state index contributed by atoms with van der Waals surface area (Å²) < 4.78 is 2.10. The number of benzene rings is 1. The standard InChI is InChI=1S/C13H9ClN2/c14-13-8-10-6-7-16(12(10)9-15-13)11-4-2-1-3-5-11/h1-9H. The van der Waals surface area contributed by atoms with E-state index in [4.69, 9.17) is 11.6 Å². The zero-order valence-corrected chi connectivity index (χ0v) is 9.22. The van der Waals surface area contributed by atoms with Crippen molar-refractivity contribution in [3.63, 3.8) is 0 Å². The lowest BCUT2D eigenvalue weighted by Gasteiger charge is -2.04. The molecule has 0 fully saturated rings. The molecule has 3 rings (SSSR count). The maximum Gasteiger partial charge on any atom is 0.129 e. The first-order chi connectivity index (χ1) is 7.84. The molecule has 0 saturated carbocycles. The summed E-state index contributed by atoms with van der Waals surface area (Å²) in [6.45, 7) is 0. The highest BCUT2D eigenvalue weighted by molar-refractivity contribution is 6.30. The first kappa shape index (κ1) is 9.43. The van der Waals surface area contributed by atoms with E-state index >= 15 is 0 Å². The van der Waals surface area contributed by atoms with E-state index in [1.165, 1.54) is 0 Å². The molecule has 0 aliphatic carbocycles. The zero-order chi connectivity index (χ0) is 11.0. The van der Waals surface area contributed by atoms with Crippen LogP contribution in [0.4, 0.5) is 0 Å². The molecule has 2 aromatic heterocycles. The van der Waals surface area contributed by atoms with Crippen molar-refractivity contribution in [2.45, 2.75) is 0 Å². The van der Waals surface area contributed by atoms with Gasteiger partial charge in [0, 0.05) is 17.3 Å². The van der Waals surface area contributed by atoms with Crippen LogP contribution >= 0.6 is 11.6 Å². The zero-order valence-electron chi connectivity index (χ0n) is 8.47. The van der Waals surface area contributed by atoms with Gasteiger partial charge in [0.2, 0.25) is 0 Å². The second-order valence-electron chi connectivity index (χ2n) is 3.59. The molecule has 0 amide bonds. The van der Waals surface area contributed by atoms with Crippen LogP contribution in [-0.2, 0) is 0 Å². The number of rotatable bonds is 1. The summed E-state index contributed by atoms with van der Waals surface area (Å²) in [5.74, 6) is 0. The summed E-state index contributed by atoms with van der Waals surface area (Å²) in [5, 5.41) is 1.63. The van der Waals surface area contributed by atoms with Crippen LogP contribution in [0.2, 0.25) is 5.15 Å². The van der Waals surface area contributed by atoms with Gasteiger partial charge in [-0.25, -0.2) is 4.98 Å². The van der Waals surface area contributed by atoms with E-state index in [1.807, 2.05) is 36.5 Å². The molecule has 1 aromatic carbocycles. The maximum atomic E-state index is 5.85. The first-order valence-corrected chi connectivity index (χ1v) is 5.40. The molecule has 0 bridgehead atoms. The van der Waals surface area contributed by atoms with Crippen molar-refractivity contribution in [3.8, 4) is 5.69 Å². The molecule has 3 heteroatoms. The van der Waals surface area contributed by atoms with Gasteiger partial charge in [-0.2, -0.15) is 0 Å².